The first-order chi connectivity index (χ1) is 9.60. The lowest BCUT2D eigenvalue weighted by Crippen LogP contribution is -2.40. The molecule has 0 aliphatic heterocycles. The zero-order valence-electron chi connectivity index (χ0n) is 11.5. The Kier molecular flexibility index (Phi) is 4.74. The molecule has 1 aliphatic rings. The molecule has 0 spiro atoms. The molecular weight excluding hydrogens is 258 g/mol. The highest BCUT2D eigenvalue weighted by Gasteiger charge is 2.32. The normalized spacial score (nSPS) is 15.7. The summed E-state index contributed by atoms with van der Waals surface area (Å²) in [6.45, 7) is 0.519. The van der Waals surface area contributed by atoms with Crippen molar-refractivity contribution in [2.45, 2.75) is 25.3 Å². The number of rotatable bonds is 7. The smallest absolute Gasteiger partial charge is 0.335 e. The van der Waals surface area contributed by atoms with Gasteiger partial charge in [-0.05, 0) is 36.5 Å². The highest BCUT2D eigenvalue weighted by Crippen LogP contribution is 2.32. The van der Waals surface area contributed by atoms with Crippen molar-refractivity contribution < 1.29 is 19.4 Å². The lowest BCUT2D eigenvalue weighted by Gasteiger charge is -2.17. The van der Waals surface area contributed by atoms with Crippen LogP contribution in [0.3, 0.4) is 0 Å². The minimum atomic E-state index is -0.984. The Labute approximate surface area is 117 Å². The van der Waals surface area contributed by atoms with Crippen LogP contribution >= 0.6 is 0 Å². The van der Waals surface area contributed by atoms with Gasteiger partial charge in [0.1, 0.15) is 0 Å². The maximum atomic E-state index is 12.0. The number of hydrogen-bond donors (Lipinski definition) is 2. The fraction of sp³-hybridized carbons (Fsp3) is 0.467. The Hall–Kier alpha value is -1.88. The quantitative estimate of drug-likeness (QED) is 0.791. The van der Waals surface area contributed by atoms with Crippen LogP contribution in [0.5, 0.6) is 0 Å². The van der Waals surface area contributed by atoms with Crippen molar-refractivity contribution in [3.63, 3.8) is 0 Å². The molecule has 20 heavy (non-hydrogen) atoms. The van der Waals surface area contributed by atoms with Gasteiger partial charge in [0.15, 0.2) is 0 Å². The van der Waals surface area contributed by atoms with Crippen LogP contribution in [-0.2, 0) is 16.0 Å². The number of benzene rings is 1. The number of aromatic carboxylic acids is 1. The van der Waals surface area contributed by atoms with Gasteiger partial charge in [0.05, 0.1) is 24.6 Å². The van der Waals surface area contributed by atoms with Gasteiger partial charge in [-0.15, -0.1) is 0 Å². The van der Waals surface area contributed by atoms with Crippen molar-refractivity contribution >= 4 is 11.9 Å². The van der Waals surface area contributed by atoms with Crippen molar-refractivity contribution in [1.29, 1.82) is 0 Å². The van der Waals surface area contributed by atoms with E-state index >= 15 is 0 Å². The molecule has 1 aromatic rings. The molecule has 0 saturated heterocycles. The average Bonchev–Trinajstić information content (AvgIpc) is 3.22. The number of carboxylic acids is 1. The van der Waals surface area contributed by atoms with Gasteiger partial charge < -0.3 is 15.2 Å². The summed E-state index contributed by atoms with van der Waals surface area (Å²) in [4.78, 5) is 22.9. The first-order valence-electron chi connectivity index (χ1n) is 6.70. The maximum absolute atomic E-state index is 12.0. The standard InChI is InChI=1S/C15H19NO4/c1-20-9-13(11-5-6-11)16-14(17)8-10-3-2-4-12(7-10)15(18)19/h2-4,7,11,13H,5-6,8-9H2,1H3,(H,16,17)(H,18,19). The van der Waals surface area contributed by atoms with Crippen LogP contribution in [0.25, 0.3) is 0 Å². The maximum Gasteiger partial charge on any atom is 0.335 e. The third-order valence-electron chi connectivity index (χ3n) is 3.42. The largest absolute Gasteiger partial charge is 0.478 e. The molecule has 0 bridgehead atoms. The highest BCUT2D eigenvalue weighted by molar-refractivity contribution is 5.88. The van der Waals surface area contributed by atoms with Crippen molar-refractivity contribution in [2.24, 2.45) is 5.92 Å². The van der Waals surface area contributed by atoms with E-state index in [-0.39, 0.29) is 23.9 Å². The van der Waals surface area contributed by atoms with Crippen LogP contribution in [0.2, 0.25) is 0 Å². The molecule has 0 radical (unpaired) electrons. The summed E-state index contributed by atoms with van der Waals surface area (Å²) in [5.41, 5.74) is 0.903. The number of carboxylic acid groups (broad SMARTS) is 1. The number of nitrogens with one attached hydrogen (secondary N) is 1. The minimum absolute atomic E-state index is 0.0650. The summed E-state index contributed by atoms with van der Waals surface area (Å²) in [6.07, 6.45) is 2.44. The number of hydrogen-bond acceptors (Lipinski definition) is 3. The summed E-state index contributed by atoms with van der Waals surface area (Å²) in [7, 11) is 1.62. The molecule has 5 nitrogen and oxygen atoms in total. The van der Waals surface area contributed by atoms with E-state index < -0.39 is 5.97 Å². The molecule has 1 amide bonds. The molecule has 2 rings (SSSR count). The van der Waals surface area contributed by atoms with E-state index in [1.165, 1.54) is 12.1 Å². The Morgan fingerprint density at radius 1 is 1.45 bits per heavy atom. The van der Waals surface area contributed by atoms with Crippen molar-refractivity contribution in [2.75, 3.05) is 13.7 Å². The number of carbonyl (C=O) groups excluding carboxylic acids is 1. The number of ether oxygens (including phenoxy) is 1. The van der Waals surface area contributed by atoms with E-state index in [0.717, 1.165) is 12.8 Å². The van der Waals surface area contributed by atoms with Gasteiger partial charge in [0.2, 0.25) is 5.91 Å². The zero-order valence-corrected chi connectivity index (χ0v) is 11.5. The topological polar surface area (TPSA) is 75.6 Å². The second-order valence-corrected chi connectivity index (χ2v) is 5.15. The molecule has 0 aromatic heterocycles. The average molecular weight is 277 g/mol. The Bertz CT molecular complexity index is 496. The van der Waals surface area contributed by atoms with Gasteiger partial charge in [-0.1, -0.05) is 12.1 Å². The van der Waals surface area contributed by atoms with Crippen LogP contribution < -0.4 is 5.32 Å². The SMILES string of the molecule is COCC(NC(=O)Cc1cccc(C(=O)O)c1)C1CC1. The Morgan fingerprint density at radius 2 is 2.20 bits per heavy atom. The van der Waals surface area contributed by atoms with E-state index in [4.69, 9.17) is 9.84 Å². The summed E-state index contributed by atoms with van der Waals surface area (Å²) in [5, 5.41) is 11.9. The molecule has 1 unspecified atom stereocenters. The predicted molar refractivity (Wildman–Crippen MR) is 73.6 cm³/mol. The van der Waals surface area contributed by atoms with Crippen molar-refractivity contribution in [1.82, 2.24) is 5.32 Å². The number of carbonyl (C=O) groups is 2. The van der Waals surface area contributed by atoms with Gasteiger partial charge in [0, 0.05) is 7.11 Å². The van der Waals surface area contributed by atoms with Gasteiger partial charge in [0.25, 0.3) is 0 Å². The minimum Gasteiger partial charge on any atom is -0.478 e. The lowest BCUT2D eigenvalue weighted by atomic mass is 10.1. The number of methoxy groups -OCH3 is 1. The molecule has 5 heteroatoms. The first-order valence-corrected chi connectivity index (χ1v) is 6.70. The molecule has 2 N–H and O–H groups in total. The van der Waals surface area contributed by atoms with E-state index in [1.807, 2.05) is 0 Å². The van der Waals surface area contributed by atoms with Gasteiger partial charge >= 0.3 is 5.97 Å². The Balaban J connectivity index is 1.93. The van der Waals surface area contributed by atoms with Crippen LogP contribution in [0, 0.1) is 5.92 Å². The summed E-state index contributed by atoms with van der Waals surface area (Å²) in [6, 6.07) is 6.52. The molecule has 0 heterocycles. The summed E-state index contributed by atoms with van der Waals surface area (Å²) in [5.74, 6) is -0.562. The number of amides is 1. The van der Waals surface area contributed by atoms with Crippen molar-refractivity contribution in [3.05, 3.63) is 35.4 Å². The third kappa shape index (κ3) is 4.06. The molecule has 1 aliphatic carbocycles. The first kappa shape index (κ1) is 14.5. The Morgan fingerprint density at radius 3 is 2.80 bits per heavy atom. The molecule has 108 valence electrons. The summed E-state index contributed by atoms with van der Waals surface area (Å²) < 4.78 is 5.11. The van der Waals surface area contributed by atoms with Crippen LogP contribution in [0.15, 0.2) is 24.3 Å². The molecule has 1 fully saturated rings. The molecule has 1 saturated carbocycles. The van der Waals surface area contributed by atoms with Crippen LogP contribution in [0.4, 0.5) is 0 Å². The molecule has 1 atom stereocenters. The fourth-order valence-electron chi connectivity index (χ4n) is 2.23. The van der Waals surface area contributed by atoms with Crippen molar-refractivity contribution in [3.8, 4) is 0 Å². The molecular formula is C15H19NO4. The lowest BCUT2D eigenvalue weighted by molar-refractivity contribution is -0.121. The van der Waals surface area contributed by atoms with Crippen LogP contribution in [-0.4, -0.2) is 36.7 Å². The third-order valence-corrected chi connectivity index (χ3v) is 3.42. The van der Waals surface area contributed by atoms with Gasteiger partial charge in [-0.3, -0.25) is 4.79 Å². The summed E-state index contributed by atoms with van der Waals surface area (Å²) >= 11 is 0. The fourth-order valence-corrected chi connectivity index (χ4v) is 2.23. The monoisotopic (exact) mass is 277 g/mol. The van der Waals surface area contributed by atoms with E-state index in [9.17, 15) is 9.59 Å². The van der Waals surface area contributed by atoms with E-state index in [0.29, 0.717) is 18.1 Å². The van der Waals surface area contributed by atoms with E-state index in [1.54, 1.807) is 19.2 Å². The van der Waals surface area contributed by atoms with Crippen LogP contribution in [0.1, 0.15) is 28.8 Å². The van der Waals surface area contributed by atoms with Gasteiger partial charge in [-0.25, -0.2) is 4.79 Å². The highest BCUT2D eigenvalue weighted by atomic mass is 16.5. The predicted octanol–water partition coefficient (Wildman–Crippen LogP) is 1.47. The second-order valence-electron chi connectivity index (χ2n) is 5.15. The second kappa shape index (κ2) is 6.52. The van der Waals surface area contributed by atoms with Gasteiger partial charge in [-0.2, -0.15) is 0 Å². The molecule has 1 aromatic carbocycles. The zero-order chi connectivity index (χ0) is 14.5. The van der Waals surface area contributed by atoms with E-state index in [2.05, 4.69) is 5.32 Å².